The molecule has 1 aromatic rings. The molecule has 0 atom stereocenters. The SMILES string of the molecule is Cc1nc(C2(NS(=O)(=O)N3CCCCCC3)CCCCCC2)no1. The Bertz CT molecular complexity index is 628. The minimum absolute atomic E-state index is 0.475. The van der Waals surface area contributed by atoms with Gasteiger partial charge in [-0.3, -0.25) is 0 Å². The second kappa shape index (κ2) is 7.49. The molecule has 0 aromatic carbocycles. The highest BCUT2D eigenvalue weighted by atomic mass is 32.2. The summed E-state index contributed by atoms with van der Waals surface area (Å²) in [6.07, 6.45) is 9.66. The molecule has 2 aliphatic rings. The number of aryl methyl sites for hydroxylation is 1. The van der Waals surface area contributed by atoms with Gasteiger partial charge in [-0.2, -0.15) is 22.4 Å². The maximum absolute atomic E-state index is 13.0. The zero-order chi connectivity index (χ0) is 17.0. The average Bonchev–Trinajstić information content (AvgIpc) is 2.76. The lowest BCUT2D eigenvalue weighted by atomic mass is 9.91. The third kappa shape index (κ3) is 3.97. The highest BCUT2D eigenvalue weighted by Gasteiger charge is 2.42. The zero-order valence-corrected chi connectivity index (χ0v) is 15.3. The van der Waals surface area contributed by atoms with Crippen LogP contribution in [0.15, 0.2) is 4.52 Å². The van der Waals surface area contributed by atoms with Gasteiger partial charge in [-0.25, -0.2) is 0 Å². The third-order valence-electron chi connectivity index (χ3n) is 5.14. The van der Waals surface area contributed by atoms with Gasteiger partial charge < -0.3 is 4.52 Å². The fourth-order valence-electron chi connectivity index (χ4n) is 3.79. The first-order chi connectivity index (χ1) is 11.5. The quantitative estimate of drug-likeness (QED) is 0.838. The van der Waals surface area contributed by atoms with E-state index >= 15 is 0 Å². The first-order valence-electron chi connectivity index (χ1n) is 9.12. The van der Waals surface area contributed by atoms with Gasteiger partial charge in [0.05, 0.1) is 5.54 Å². The van der Waals surface area contributed by atoms with Gasteiger partial charge in [0.1, 0.15) is 0 Å². The van der Waals surface area contributed by atoms with Gasteiger partial charge in [-0.05, 0) is 25.7 Å². The van der Waals surface area contributed by atoms with Crippen molar-refractivity contribution in [1.82, 2.24) is 19.2 Å². The molecule has 0 amide bonds. The Labute approximate surface area is 144 Å². The Kier molecular flexibility index (Phi) is 5.56. The van der Waals surface area contributed by atoms with Gasteiger partial charge in [-0.15, -0.1) is 0 Å². The lowest BCUT2D eigenvalue weighted by molar-refractivity contribution is 0.290. The van der Waals surface area contributed by atoms with E-state index in [1.807, 2.05) is 0 Å². The van der Waals surface area contributed by atoms with Crippen LogP contribution in [0.2, 0.25) is 0 Å². The molecule has 7 nitrogen and oxygen atoms in total. The van der Waals surface area contributed by atoms with Crippen molar-refractivity contribution in [1.29, 1.82) is 0 Å². The van der Waals surface area contributed by atoms with Crippen molar-refractivity contribution in [2.45, 2.75) is 76.7 Å². The second-order valence-electron chi connectivity index (χ2n) is 7.05. The molecule has 0 unspecified atom stereocenters. The summed E-state index contributed by atoms with van der Waals surface area (Å²) < 4.78 is 35.8. The highest BCUT2D eigenvalue weighted by molar-refractivity contribution is 7.87. The van der Waals surface area contributed by atoms with Crippen LogP contribution in [0.4, 0.5) is 0 Å². The molecule has 1 aliphatic carbocycles. The van der Waals surface area contributed by atoms with Crippen LogP contribution in [0, 0.1) is 6.92 Å². The maximum atomic E-state index is 13.0. The topological polar surface area (TPSA) is 88.3 Å². The monoisotopic (exact) mass is 356 g/mol. The molecular weight excluding hydrogens is 328 g/mol. The van der Waals surface area contributed by atoms with E-state index in [9.17, 15) is 8.42 Å². The predicted octanol–water partition coefficient (Wildman–Crippen LogP) is 2.64. The van der Waals surface area contributed by atoms with Crippen molar-refractivity contribution in [3.63, 3.8) is 0 Å². The number of hydrogen-bond donors (Lipinski definition) is 1. The van der Waals surface area contributed by atoms with Gasteiger partial charge in [0.15, 0.2) is 5.82 Å². The fourth-order valence-corrected chi connectivity index (χ4v) is 5.45. The predicted molar refractivity (Wildman–Crippen MR) is 90.5 cm³/mol. The summed E-state index contributed by atoms with van der Waals surface area (Å²) in [5, 5.41) is 4.07. The minimum atomic E-state index is -3.56. The van der Waals surface area contributed by atoms with Crippen LogP contribution in [0.1, 0.15) is 75.9 Å². The van der Waals surface area contributed by atoms with Gasteiger partial charge >= 0.3 is 0 Å². The van der Waals surface area contributed by atoms with Crippen molar-refractivity contribution in [2.75, 3.05) is 13.1 Å². The van der Waals surface area contributed by atoms with Crippen LogP contribution >= 0.6 is 0 Å². The number of aromatic nitrogens is 2. The summed E-state index contributed by atoms with van der Waals surface area (Å²) in [6.45, 7) is 2.93. The molecule has 1 aromatic heterocycles. The first-order valence-corrected chi connectivity index (χ1v) is 10.6. The van der Waals surface area contributed by atoms with E-state index < -0.39 is 15.7 Å². The van der Waals surface area contributed by atoms with E-state index in [1.54, 1.807) is 11.2 Å². The third-order valence-corrected chi connectivity index (χ3v) is 6.84. The van der Waals surface area contributed by atoms with Gasteiger partial charge in [0.2, 0.25) is 5.89 Å². The molecule has 1 aliphatic heterocycles. The molecule has 24 heavy (non-hydrogen) atoms. The summed E-state index contributed by atoms with van der Waals surface area (Å²) >= 11 is 0. The Morgan fingerprint density at radius 3 is 2.12 bits per heavy atom. The molecule has 136 valence electrons. The molecule has 1 saturated heterocycles. The van der Waals surface area contributed by atoms with Crippen LogP contribution in [-0.4, -0.2) is 36.0 Å². The molecule has 1 N–H and O–H groups in total. The standard InChI is InChI=1S/C16H28N4O3S/c1-14-17-15(18-23-14)16(10-6-2-3-7-11-16)19-24(21,22)20-12-8-4-5-9-13-20/h19H,2-13H2,1H3. The van der Waals surface area contributed by atoms with Crippen molar-refractivity contribution in [3.05, 3.63) is 11.7 Å². The average molecular weight is 356 g/mol. The summed E-state index contributed by atoms with van der Waals surface area (Å²) in [6, 6.07) is 0. The van der Waals surface area contributed by atoms with Crippen LogP contribution in [0.3, 0.4) is 0 Å². The number of nitrogens with zero attached hydrogens (tertiary/aromatic N) is 3. The van der Waals surface area contributed by atoms with Gasteiger partial charge in [-0.1, -0.05) is 43.7 Å². The van der Waals surface area contributed by atoms with E-state index in [4.69, 9.17) is 4.52 Å². The Morgan fingerprint density at radius 1 is 1.00 bits per heavy atom. The normalized spacial score (nSPS) is 23.5. The molecule has 0 radical (unpaired) electrons. The van der Waals surface area contributed by atoms with E-state index in [0.717, 1.165) is 64.2 Å². The largest absolute Gasteiger partial charge is 0.340 e. The summed E-state index contributed by atoms with van der Waals surface area (Å²) in [5.74, 6) is 0.961. The van der Waals surface area contributed by atoms with Crippen LogP contribution < -0.4 is 4.72 Å². The highest BCUT2D eigenvalue weighted by Crippen LogP contribution is 2.35. The summed E-state index contributed by atoms with van der Waals surface area (Å²) in [4.78, 5) is 4.37. The molecule has 0 bridgehead atoms. The smallest absolute Gasteiger partial charge is 0.280 e. The summed E-state index contributed by atoms with van der Waals surface area (Å²) in [7, 11) is -3.56. The van der Waals surface area contributed by atoms with Crippen LogP contribution in [0.5, 0.6) is 0 Å². The second-order valence-corrected chi connectivity index (χ2v) is 8.72. The lowest BCUT2D eigenvalue weighted by Gasteiger charge is -2.33. The molecule has 2 fully saturated rings. The lowest BCUT2D eigenvalue weighted by Crippen LogP contribution is -2.52. The zero-order valence-electron chi connectivity index (χ0n) is 14.5. The van der Waals surface area contributed by atoms with Gasteiger partial charge in [0.25, 0.3) is 10.2 Å². The molecular formula is C16H28N4O3S. The van der Waals surface area contributed by atoms with Crippen LogP contribution in [0.25, 0.3) is 0 Å². The molecule has 8 heteroatoms. The molecule has 2 heterocycles. The molecule has 1 saturated carbocycles. The van der Waals surface area contributed by atoms with Crippen molar-refractivity contribution in [3.8, 4) is 0 Å². The Hall–Kier alpha value is -0.990. The molecule has 3 rings (SSSR count). The van der Waals surface area contributed by atoms with E-state index in [1.165, 1.54) is 0 Å². The van der Waals surface area contributed by atoms with Crippen molar-refractivity contribution < 1.29 is 12.9 Å². The van der Waals surface area contributed by atoms with E-state index in [-0.39, 0.29) is 0 Å². The molecule has 0 spiro atoms. The van der Waals surface area contributed by atoms with E-state index in [2.05, 4.69) is 14.9 Å². The van der Waals surface area contributed by atoms with Gasteiger partial charge in [0, 0.05) is 20.0 Å². The van der Waals surface area contributed by atoms with Crippen molar-refractivity contribution in [2.24, 2.45) is 0 Å². The fraction of sp³-hybridized carbons (Fsp3) is 0.875. The minimum Gasteiger partial charge on any atom is -0.340 e. The van der Waals surface area contributed by atoms with Crippen molar-refractivity contribution >= 4 is 10.2 Å². The number of hydrogen-bond acceptors (Lipinski definition) is 5. The number of rotatable bonds is 4. The first kappa shape index (κ1) is 17.8. The van der Waals surface area contributed by atoms with Crippen LogP contribution in [-0.2, 0) is 15.7 Å². The Balaban J connectivity index is 1.88. The Morgan fingerprint density at radius 2 is 1.58 bits per heavy atom. The van der Waals surface area contributed by atoms with E-state index in [0.29, 0.717) is 24.8 Å². The number of nitrogens with one attached hydrogen (secondary N) is 1. The summed E-state index contributed by atoms with van der Waals surface area (Å²) in [5.41, 5.74) is -0.737. The maximum Gasteiger partial charge on any atom is 0.280 e.